The molecule has 2 heterocycles. The van der Waals surface area contributed by atoms with Crippen molar-refractivity contribution in [3.63, 3.8) is 0 Å². The number of ether oxygens (including phenoxy) is 1. The van der Waals surface area contributed by atoms with E-state index in [9.17, 15) is 13.2 Å². The predicted molar refractivity (Wildman–Crippen MR) is 98.5 cm³/mol. The van der Waals surface area contributed by atoms with Crippen LogP contribution in [0.5, 0.6) is 0 Å². The number of aromatic nitrogens is 1. The van der Waals surface area contributed by atoms with Crippen molar-refractivity contribution < 1.29 is 17.9 Å². The first-order chi connectivity index (χ1) is 12.5. The van der Waals surface area contributed by atoms with E-state index in [4.69, 9.17) is 4.74 Å². The molecule has 0 aromatic carbocycles. The van der Waals surface area contributed by atoms with Gasteiger partial charge in [0.15, 0.2) is 0 Å². The summed E-state index contributed by atoms with van der Waals surface area (Å²) in [6, 6.07) is 1.46. The van der Waals surface area contributed by atoms with Crippen molar-refractivity contribution in [2.24, 2.45) is 7.05 Å². The average molecular weight is 381 g/mol. The molecule has 0 saturated carbocycles. The number of carbonyl (C=O) groups excluding carboxylic acids is 1. The third kappa shape index (κ3) is 4.36. The number of amides is 1. The zero-order valence-corrected chi connectivity index (χ0v) is 16.1. The van der Waals surface area contributed by atoms with Gasteiger partial charge in [-0.25, -0.2) is 8.42 Å². The molecule has 0 spiro atoms. The van der Waals surface area contributed by atoms with Gasteiger partial charge < -0.3 is 14.6 Å². The molecule has 26 heavy (non-hydrogen) atoms. The van der Waals surface area contributed by atoms with Crippen molar-refractivity contribution in [2.75, 3.05) is 32.8 Å². The first-order valence-electron chi connectivity index (χ1n) is 9.19. The number of morpholine rings is 1. The molecule has 7 nitrogen and oxygen atoms in total. The Morgan fingerprint density at radius 3 is 2.73 bits per heavy atom. The molecule has 1 amide bonds. The number of hydrogen-bond acceptors (Lipinski definition) is 4. The highest BCUT2D eigenvalue weighted by Crippen LogP contribution is 2.21. The van der Waals surface area contributed by atoms with Gasteiger partial charge in [0.25, 0.3) is 5.91 Å². The highest BCUT2D eigenvalue weighted by molar-refractivity contribution is 7.89. The molecule has 1 saturated heterocycles. The fourth-order valence-electron chi connectivity index (χ4n) is 3.40. The smallest absolute Gasteiger partial charge is 0.267 e. The van der Waals surface area contributed by atoms with Gasteiger partial charge in [0.1, 0.15) is 10.6 Å². The van der Waals surface area contributed by atoms with Crippen LogP contribution in [0.3, 0.4) is 0 Å². The van der Waals surface area contributed by atoms with Crippen molar-refractivity contribution >= 4 is 15.9 Å². The van der Waals surface area contributed by atoms with Crippen molar-refractivity contribution in [2.45, 2.75) is 37.0 Å². The van der Waals surface area contributed by atoms with Gasteiger partial charge in [0.05, 0.1) is 13.2 Å². The standard InChI is InChI=1S/C18H27N3O4S/c1-20-14-16(26(23,24)21-9-11-25-12-10-21)13-17(20)18(22)19-8-7-15-5-3-2-4-6-15/h5,13-14H,2-4,6-12H2,1H3,(H,19,22). The van der Waals surface area contributed by atoms with E-state index in [2.05, 4.69) is 11.4 Å². The largest absolute Gasteiger partial charge is 0.379 e. The summed E-state index contributed by atoms with van der Waals surface area (Å²) in [5.41, 5.74) is 1.76. The minimum atomic E-state index is -3.59. The predicted octanol–water partition coefficient (Wildman–Crippen LogP) is 1.67. The highest BCUT2D eigenvalue weighted by atomic mass is 32.2. The second-order valence-corrected chi connectivity index (χ2v) is 8.74. The van der Waals surface area contributed by atoms with Crippen LogP contribution in [-0.2, 0) is 21.8 Å². The third-order valence-corrected chi connectivity index (χ3v) is 6.80. The SMILES string of the molecule is Cn1cc(S(=O)(=O)N2CCOCC2)cc1C(=O)NCCC1=CCCCC1. The summed E-state index contributed by atoms with van der Waals surface area (Å²) in [5, 5.41) is 2.90. The Balaban J connectivity index is 1.63. The molecule has 3 rings (SSSR count). The van der Waals surface area contributed by atoms with E-state index in [1.165, 1.54) is 35.0 Å². The molecular formula is C18H27N3O4S. The van der Waals surface area contributed by atoms with E-state index in [0.717, 1.165) is 19.3 Å². The van der Waals surface area contributed by atoms with Gasteiger partial charge in [-0.3, -0.25) is 4.79 Å². The Bertz CT molecular complexity index is 776. The monoisotopic (exact) mass is 381 g/mol. The lowest BCUT2D eigenvalue weighted by Crippen LogP contribution is -2.40. The first kappa shape index (κ1) is 19.1. The van der Waals surface area contributed by atoms with Crippen LogP contribution in [0, 0.1) is 0 Å². The molecule has 0 bridgehead atoms. The zero-order valence-electron chi connectivity index (χ0n) is 15.2. The molecule has 1 aromatic rings. The highest BCUT2D eigenvalue weighted by Gasteiger charge is 2.28. The van der Waals surface area contributed by atoms with Crippen LogP contribution < -0.4 is 5.32 Å². The van der Waals surface area contributed by atoms with Gasteiger partial charge in [-0.1, -0.05) is 11.6 Å². The summed E-state index contributed by atoms with van der Waals surface area (Å²) in [5.74, 6) is -0.243. The first-order valence-corrected chi connectivity index (χ1v) is 10.6. The minimum Gasteiger partial charge on any atom is -0.379 e. The fourth-order valence-corrected chi connectivity index (χ4v) is 4.88. The van der Waals surface area contributed by atoms with E-state index >= 15 is 0 Å². The van der Waals surface area contributed by atoms with Crippen molar-refractivity contribution in [3.8, 4) is 0 Å². The molecule has 144 valence electrons. The molecule has 0 radical (unpaired) electrons. The van der Waals surface area contributed by atoms with E-state index in [-0.39, 0.29) is 10.8 Å². The summed E-state index contributed by atoms with van der Waals surface area (Å²) in [7, 11) is -1.90. The Morgan fingerprint density at radius 2 is 2.04 bits per heavy atom. The number of nitrogens with zero attached hydrogens (tertiary/aromatic N) is 2. The number of carbonyl (C=O) groups is 1. The van der Waals surface area contributed by atoms with Crippen LogP contribution in [0.15, 0.2) is 28.8 Å². The van der Waals surface area contributed by atoms with E-state index in [0.29, 0.717) is 38.5 Å². The number of nitrogens with one attached hydrogen (secondary N) is 1. The summed E-state index contributed by atoms with van der Waals surface area (Å²) in [6.45, 7) is 2.05. The lowest BCUT2D eigenvalue weighted by atomic mass is 9.97. The Labute approximate surface area is 155 Å². The molecule has 1 N–H and O–H groups in total. The van der Waals surface area contributed by atoms with E-state index in [1.54, 1.807) is 11.6 Å². The van der Waals surface area contributed by atoms with Gasteiger partial charge in [-0.05, 0) is 38.2 Å². The summed E-state index contributed by atoms with van der Waals surface area (Å²) in [4.78, 5) is 12.6. The van der Waals surface area contributed by atoms with Gasteiger partial charge in [0.2, 0.25) is 10.0 Å². The second-order valence-electron chi connectivity index (χ2n) is 6.80. The average Bonchev–Trinajstić information content (AvgIpc) is 3.06. The van der Waals surface area contributed by atoms with Crippen LogP contribution in [0.1, 0.15) is 42.6 Å². The van der Waals surface area contributed by atoms with Crippen molar-refractivity contribution in [1.82, 2.24) is 14.2 Å². The minimum absolute atomic E-state index is 0.155. The molecule has 1 fully saturated rings. The number of sulfonamides is 1. The van der Waals surface area contributed by atoms with Gasteiger partial charge in [-0.15, -0.1) is 0 Å². The topological polar surface area (TPSA) is 80.6 Å². The molecule has 0 atom stereocenters. The van der Waals surface area contributed by atoms with Gasteiger partial charge >= 0.3 is 0 Å². The van der Waals surface area contributed by atoms with Crippen LogP contribution in [0.4, 0.5) is 0 Å². The second kappa shape index (κ2) is 8.37. The van der Waals surface area contributed by atoms with Crippen molar-refractivity contribution in [1.29, 1.82) is 0 Å². The fraction of sp³-hybridized carbons (Fsp3) is 0.611. The maximum atomic E-state index is 12.7. The Morgan fingerprint density at radius 1 is 1.27 bits per heavy atom. The number of aryl methyl sites for hydroxylation is 1. The molecule has 1 aromatic heterocycles. The maximum absolute atomic E-state index is 12.7. The molecule has 1 aliphatic heterocycles. The zero-order chi connectivity index (χ0) is 18.6. The molecule has 0 unspecified atom stereocenters. The molecule has 2 aliphatic rings. The normalized spacial score (nSPS) is 19.2. The number of hydrogen-bond donors (Lipinski definition) is 1. The summed E-state index contributed by atoms with van der Waals surface area (Å²) >= 11 is 0. The van der Waals surface area contributed by atoms with E-state index in [1.807, 2.05) is 0 Å². The van der Waals surface area contributed by atoms with Gasteiger partial charge in [0, 0.05) is 32.9 Å². The molecule has 8 heteroatoms. The Hall–Kier alpha value is -1.64. The van der Waals surface area contributed by atoms with E-state index < -0.39 is 10.0 Å². The maximum Gasteiger partial charge on any atom is 0.267 e. The summed E-state index contributed by atoms with van der Waals surface area (Å²) in [6.07, 6.45) is 9.34. The van der Waals surface area contributed by atoms with Crippen LogP contribution in [0.25, 0.3) is 0 Å². The molecule has 1 aliphatic carbocycles. The van der Waals surface area contributed by atoms with Crippen LogP contribution in [0.2, 0.25) is 0 Å². The van der Waals surface area contributed by atoms with Gasteiger partial charge in [-0.2, -0.15) is 4.31 Å². The van der Waals surface area contributed by atoms with Crippen LogP contribution in [-0.4, -0.2) is 56.0 Å². The van der Waals surface area contributed by atoms with Crippen molar-refractivity contribution in [3.05, 3.63) is 29.6 Å². The van der Waals surface area contributed by atoms with Crippen LogP contribution >= 0.6 is 0 Å². The lowest BCUT2D eigenvalue weighted by molar-refractivity contribution is 0.0730. The third-order valence-electron chi connectivity index (χ3n) is 4.94. The summed E-state index contributed by atoms with van der Waals surface area (Å²) < 4.78 is 33.6. The lowest BCUT2D eigenvalue weighted by Gasteiger charge is -2.25. The Kier molecular flexibility index (Phi) is 6.16. The number of allylic oxidation sites excluding steroid dienone is 1. The number of rotatable bonds is 6. The quantitative estimate of drug-likeness (QED) is 0.760. The molecular weight excluding hydrogens is 354 g/mol.